The Morgan fingerprint density at radius 1 is 1.33 bits per heavy atom. The van der Waals surface area contributed by atoms with Crippen LogP contribution in [0, 0.1) is 5.92 Å². The highest BCUT2D eigenvalue weighted by atomic mass is 79.9. The van der Waals surface area contributed by atoms with Crippen molar-refractivity contribution in [2.45, 2.75) is 31.2 Å². The first kappa shape index (κ1) is 13.1. The number of halogens is 1. The Hall–Kier alpha value is 0.01000. The smallest absolute Gasteiger partial charge is 0.0176 e. The summed E-state index contributed by atoms with van der Waals surface area (Å²) in [4.78, 5) is 1.29. The molecule has 0 saturated heterocycles. The standard InChI is InChI=1S/C12H18BrNS/c1-3-9(2)12(14)8-15-11-6-4-10(13)5-7-11/h4-7,9,12H,3,8,14H2,1-2H3. The molecule has 0 amide bonds. The number of hydrogen-bond donors (Lipinski definition) is 1. The van der Waals surface area contributed by atoms with Gasteiger partial charge in [-0.2, -0.15) is 0 Å². The van der Waals surface area contributed by atoms with Gasteiger partial charge in [-0.15, -0.1) is 11.8 Å². The van der Waals surface area contributed by atoms with E-state index in [1.165, 1.54) is 4.90 Å². The van der Waals surface area contributed by atoms with E-state index in [0.29, 0.717) is 12.0 Å². The highest BCUT2D eigenvalue weighted by Gasteiger charge is 2.10. The molecule has 0 bridgehead atoms. The number of benzene rings is 1. The van der Waals surface area contributed by atoms with E-state index < -0.39 is 0 Å². The van der Waals surface area contributed by atoms with Crippen molar-refractivity contribution in [1.29, 1.82) is 0 Å². The van der Waals surface area contributed by atoms with Crippen molar-refractivity contribution in [3.63, 3.8) is 0 Å². The molecule has 0 heterocycles. The van der Waals surface area contributed by atoms with Gasteiger partial charge in [-0.25, -0.2) is 0 Å². The molecule has 0 aliphatic rings. The van der Waals surface area contributed by atoms with Gasteiger partial charge in [0.1, 0.15) is 0 Å². The van der Waals surface area contributed by atoms with E-state index in [0.717, 1.165) is 16.6 Å². The fraction of sp³-hybridized carbons (Fsp3) is 0.500. The van der Waals surface area contributed by atoms with Gasteiger partial charge in [0.15, 0.2) is 0 Å². The molecule has 84 valence electrons. The van der Waals surface area contributed by atoms with Gasteiger partial charge < -0.3 is 5.73 Å². The monoisotopic (exact) mass is 287 g/mol. The molecular formula is C12H18BrNS. The lowest BCUT2D eigenvalue weighted by atomic mass is 10.0. The molecule has 0 aliphatic heterocycles. The SMILES string of the molecule is CCC(C)C(N)CSc1ccc(Br)cc1. The molecule has 1 aromatic carbocycles. The summed E-state index contributed by atoms with van der Waals surface area (Å²) in [6.07, 6.45) is 1.15. The Morgan fingerprint density at radius 3 is 2.47 bits per heavy atom. The summed E-state index contributed by atoms with van der Waals surface area (Å²) in [5.74, 6) is 1.60. The fourth-order valence-corrected chi connectivity index (χ4v) is 2.50. The topological polar surface area (TPSA) is 26.0 Å². The molecule has 3 heteroatoms. The van der Waals surface area contributed by atoms with Crippen LogP contribution < -0.4 is 5.73 Å². The lowest BCUT2D eigenvalue weighted by Gasteiger charge is -2.17. The van der Waals surface area contributed by atoms with Gasteiger partial charge in [0.25, 0.3) is 0 Å². The van der Waals surface area contributed by atoms with Crippen molar-refractivity contribution in [1.82, 2.24) is 0 Å². The van der Waals surface area contributed by atoms with E-state index in [1.54, 1.807) is 0 Å². The van der Waals surface area contributed by atoms with Crippen molar-refractivity contribution in [3.8, 4) is 0 Å². The van der Waals surface area contributed by atoms with Crippen LogP contribution >= 0.6 is 27.7 Å². The first-order valence-corrected chi connectivity index (χ1v) is 7.05. The molecule has 0 fully saturated rings. The normalized spacial score (nSPS) is 14.9. The molecule has 1 aromatic rings. The summed E-state index contributed by atoms with van der Waals surface area (Å²) in [5.41, 5.74) is 6.08. The van der Waals surface area contributed by atoms with Crippen LogP contribution in [-0.4, -0.2) is 11.8 Å². The Bertz CT molecular complexity index is 286. The number of thioether (sulfide) groups is 1. The molecule has 1 nitrogen and oxygen atoms in total. The minimum Gasteiger partial charge on any atom is -0.327 e. The van der Waals surface area contributed by atoms with E-state index in [4.69, 9.17) is 5.73 Å². The molecule has 0 radical (unpaired) electrons. The second-order valence-corrected chi connectivity index (χ2v) is 5.82. The molecular weight excluding hydrogens is 270 g/mol. The van der Waals surface area contributed by atoms with Gasteiger partial charge >= 0.3 is 0 Å². The van der Waals surface area contributed by atoms with Crippen molar-refractivity contribution in [2.75, 3.05) is 5.75 Å². The zero-order chi connectivity index (χ0) is 11.3. The van der Waals surface area contributed by atoms with E-state index >= 15 is 0 Å². The summed E-state index contributed by atoms with van der Waals surface area (Å²) >= 11 is 5.26. The van der Waals surface area contributed by atoms with Crippen molar-refractivity contribution in [2.24, 2.45) is 11.7 Å². The number of nitrogens with two attached hydrogens (primary N) is 1. The molecule has 15 heavy (non-hydrogen) atoms. The Balaban J connectivity index is 2.40. The minimum absolute atomic E-state index is 0.295. The first-order valence-electron chi connectivity index (χ1n) is 5.27. The van der Waals surface area contributed by atoms with Crippen LogP contribution in [0.25, 0.3) is 0 Å². The van der Waals surface area contributed by atoms with Crippen LogP contribution in [0.15, 0.2) is 33.6 Å². The average Bonchev–Trinajstić information content (AvgIpc) is 2.26. The van der Waals surface area contributed by atoms with Crippen LogP contribution in [0.2, 0.25) is 0 Å². The van der Waals surface area contributed by atoms with Gasteiger partial charge in [-0.3, -0.25) is 0 Å². The molecule has 2 atom stereocenters. The second-order valence-electron chi connectivity index (χ2n) is 3.81. The molecule has 0 spiro atoms. The molecule has 0 saturated carbocycles. The van der Waals surface area contributed by atoms with Crippen LogP contribution in [-0.2, 0) is 0 Å². The lowest BCUT2D eigenvalue weighted by Crippen LogP contribution is -2.30. The third-order valence-corrected chi connectivity index (χ3v) is 4.32. The van der Waals surface area contributed by atoms with E-state index in [-0.39, 0.29) is 0 Å². The first-order chi connectivity index (χ1) is 7.13. The van der Waals surface area contributed by atoms with Crippen LogP contribution in [0.5, 0.6) is 0 Å². The quantitative estimate of drug-likeness (QED) is 0.831. The van der Waals surface area contributed by atoms with Crippen LogP contribution in [0.3, 0.4) is 0 Å². The highest BCUT2D eigenvalue weighted by molar-refractivity contribution is 9.10. The Labute approximate surface area is 105 Å². The van der Waals surface area contributed by atoms with Gasteiger partial charge in [0, 0.05) is 21.2 Å². The lowest BCUT2D eigenvalue weighted by molar-refractivity contribution is 0.475. The average molecular weight is 288 g/mol. The zero-order valence-corrected chi connectivity index (χ0v) is 11.6. The predicted molar refractivity (Wildman–Crippen MR) is 72.3 cm³/mol. The van der Waals surface area contributed by atoms with Gasteiger partial charge in [0.2, 0.25) is 0 Å². The number of hydrogen-bond acceptors (Lipinski definition) is 2. The summed E-state index contributed by atoms with van der Waals surface area (Å²) < 4.78 is 1.12. The van der Waals surface area contributed by atoms with Gasteiger partial charge in [0.05, 0.1) is 0 Å². The molecule has 0 aliphatic carbocycles. The minimum atomic E-state index is 0.295. The molecule has 2 N–H and O–H groups in total. The summed E-state index contributed by atoms with van der Waals surface area (Å²) in [6.45, 7) is 4.40. The zero-order valence-electron chi connectivity index (χ0n) is 9.24. The third kappa shape index (κ3) is 4.58. The summed E-state index contributed by atoms with van der Waals surface area (Å²) in [5, 5.41) is 0. The number of rotatable bonds is 5. The fourth-order valence-electron chi connectivity index (χ4n) is 1.19. The molecule has 1 rings (SSSR count). The van der Waals surface area contributed by atoms with E-state index in [2.05, 4.69) is 54.0 Å². The Kier molecular flexibility index (Phi) is 5.72. The van der Waals surface area contributed by atoms with Gasteiger partial charge in [-0.05, 0) is 30.2 Å². The maximum absolute atomic E-state index is 6.08. The van der Waals surface area contributed by atoms with Crippen molar-refractivity contribution >= 4 is 27.7 Å². The largest absolute Gasteiger partial charge is 0.327 e. The maximum atomic E-state index is 6.08. The second kappa shape index (κ2) is 6.56. The van der Waals surface area contributed by atoms with Gasteiger partial charge in [-0.1, -0.05) is 36.2 Å². The predicted octanol–water partition coefficient (Wildman–Crippen LogP) is 3.91. The van der Waals surface area contributed by atoms with Crippen molar-refractivity contribution in [3.05, 3.63) is 28.7 Å². The molecule has 0 aromatic heterocycles. The van der Waals surface area contributed by atoms with Crippen LogP contribution in [0.1, 0.15) is 20.3 Å². The summed E-state index contributed by atoms with van der Waals surface area (Å²) in [6, 6.07) is 8.67. The maximum Gasteiger partial charge on any atom is 0.0176 e. The molecule has 2 unspecified atom stereocenters. The van der Waals surface area contributed by atoms with Crippen molar-refractivity contribution < 1.29 is 0 Å². The summed E-state index contributed by atoms with van der Waals surface area (Å²) in [7, 11) is 0. The van der Waals surface area contributed by atoms with E-state index in [9.17, 15) is 0 Å². The third-order valence-electron chi connectivity index (χ3n) is 2.63. The Morgan fingerprint density at radius 2 is 1.93 bits per heavy atom. The van der Waals surface area contributed by atoms with E-state index in [1.807, 2.05) is 11.8 Å². The highest BCUT2D eigenvalue weighted by Crippen LogP contribution is 2.22. The van der Waals surface area contributed by atoms with Crippen LogP contribution in [0.4, 0.5) is 0 Å².